The first-order chi connectivity index (χ1) is 18.6. The van der Waals surface area contributed by atoms with Crippen LogP contribution in [0.15, 0.2) is 53.3 Å². The Labute approximate surface area is 221 Å². The molecule has 2 amide bonds. The number of rotatable bonds is 3. The molecule has 0 aliphatic heterocycles. The molecule has 0 radical (unpaired) electrons. The van der Waals surface area contributed by atoms with Gasteiger partial charge in [-0.25, -0.2) is 14.6 Å². The van der Waals surface area contributed by atoms with Gasteiger partial charge in [-0.15, -0.1) is 0 Å². The second-order valence-corrected chi connectivity index (χ2v) is 8.04. The third kappa shape index (κ3) is 8.00. The second-order valence-electron chi connectivity index (χ2n) is 8.04. The highest BCUT2D eigenvalue weighted by Crippen LogP contribution is 2.24. The monoisotopic (exact) mass is 567 g/mol. The third-order valence-corrected chi connectivity index (χ3v) is 4.99. The fraction of sp³-hybridized carbons (Fsp3) is 0.200. The van der Waals surface area contributed by atoms with E-state index in [0.717, 1.165) is 28.1 Å². The summed E-state index contributed by atoms with van der Waals surface area (Å²) in [6.07, 6.45) is -6.07. The van der Waals surface area contributed by atoms with E-state index in [1.165, 1.54) is 0 Å². The van der Waals surface area contributed by atoms with Gasteiger partial charge in [0.25, 0.3) is 0 Å². The van der Waals surface area contributed by atoms with Crippen molar-refractivity contribution in [1.29, 1.82) is 0 Å². The molecule has 0 aliphatic rings. The van der Waals surface area contributed by atoms with Crippen LogP contribution in [0.4, 0.5) is 36.8 Å². The molecule has 0 bridgehead atoms. The lowest BCUT2D eigenvalue weighted by Gasteiger charge is -2.10. The molecule has 0 atom stereocenters. The topological polar surface area (TPSA) is 122 Å². The summed E-state index contributed by atoms with van der Waals surface area (Å²) in [4.78, 5) is 25.1. The normalized spacial score (nSPS) is 11.2. The zero-order chi connectivity index (χ0) is 29.7. The number of aromatic nitrogens is 3. The molecule has 4 rings (SSSR count). The van der Waals surface area contributed by atoms with Crippen LogP contribution in [-0.4, -0.2) is 50.5 Å². The van der Waals surface area contributed by atoms with Crippen molar-refractivity contribution in [3.05, 3.63) is 71.4 Å². The van der Waals surface area contributed by atoms with Gasteiger partial charge in [0.1, 0.15) is 18.0 Å². The number of amides is 2. The predicted molar refractivity (Wildman–Crippen MR) is 129 cm³/mol. The number of hydrogen-bond donors (Lipinski definition) is 3. The Hall–Kier alpha value is -5.00. The minimum absolute atomic E-state index is 0.351. The molecule has 3 N–H and O–H groups in total. The lowest BCUT2D eigenvalue weighted by molar-refractivity contribution is -0.192. The molecule has 0 aliphatic carbocycles. The van der Waals surface area contributed by atoms with Crippen molar-refractivity contribution in [2.24, 2.45) is 0 Å². The summed E-state index contributed by atoms with van der Waals surface area (Å²) in [5.41, 5.74) is 4.73. The van der Waals surface area contributed by atoms with Crippen LogP contribution >= 0.6 is 0 Å². The molecule has 9 nitrogen and oxygen atoms in total. The van der Waals surface area contributed by atoms with Crippen molar-refractivity contribution in [3.8, 4) is 23.1 Å². The quantitative estimate of drug-likeness (QED) is 0.228. The number of anilines is 1. The van der Waals surface area contributed by atoms with Crippen LogP contribution < -0.4 is 10.6 Å². The Kier molecular flexibility index (Phi) is 8.72. The van der Waals surface area contributed by atoms with Gasteiger partial charge in [0.2, 0.25) is 0 Å². The van der Waals surface area contributed by atoms with Gasteiger partial charge in [0.05, 0.1) is 23.1 Å². The molecule has 3 aromatic heterocycles. The Morgan fingerprint density at radius 1 is 1.07 bits per heavy atom. The average molecular weight is 567 g/mol. The Bertz CT molecular complexity index is 1580. The van der Waals surface area contributed by atoms with Crippen LogP contribution in [0.3, 0.4) is 0 Å². The molecule has 0 fully saturated rings. The smallest absolute Gasteiger partial charge is 0.475 e. The van der Waals surface area contributed by atoms with Crippen LogP contribution in [-0.2, 0) is 4.79 Å². The average Bonchev–Trinajstić information content (AvgIpc) is 3.43. The van der Waals surface area contributed by atoms with Crippen molar-refractivity contribution >= 4 is 23.3 Å². The number of carbonyl (C=O) groups excluding carboxylic acids is 1. The molecule has 4 aromatic rings. The number of nitrogens with zero attached hydrogens (tertiary/aromatic N) is 3. The number of aliphatic carboxylic acids is 1. The molecule has 40 heavy (non-hydrogen) atoms. The molecular formula is C25H19F6N5O4. The van der Waals surface area contributed by atoms with Gasteiger partial charge >= 0.3 is 24.4 Å². The van der Waals surface area contributed by atoms with Crippen LogP contribution in [0.2, 0.25) is 0 Å². The summed E-state index contributed by atoms with van der Waals surface area (Å²) in [5, 5.41) is 15.2. The third-order valence-electron chi connectivity index (χ3n) is 4.99. The van der Waals surface area contributed by atoms with Crippen molar-refractivity contribution in [1.82, 2.24) is 19.9 Å². The van der Waals surface area contributed by atoms with Crippen molar-refractivity contribution in [2.75, 3.05) is 11.9 Å². The maximum absolute atomic E-state index is 12.3. The van der Waals surface area contributed by atoms with Gasteiger partial charge in [-0.3, -0.25) is 4.40 Å². The van der Waals surface area contributed by atoms with E-state index < -0.39 is 30.9 Å². The van der Waals surface area contributed by atoms with Crippen LogP contribution in [0.1, 0.15) is 22.6 Å². The van der Waals surface area contributed by atoms with Crippen molar-refractivity contribution in [3.63, 3.8) is 0 Å². The highest BCUT2D eigenvalue weighted by molar-refractivity contribution is 5.90. The van der Waals surface area contributed by atoms with Crippen LogP contribution in [0.5, 0.6) is 0 Å². The number of aryl methyl sites for hydroxylation is 2. The molecule has 0 saturated heterocycles. The first-order valence-electron chi connectivity index (χ1n) is 11.1. The molecule has 15 heteroatoms. The number of hydrogen-bond acceptors (Lipinski definition) is 5. The summed E-state index contributed by atoms with van der Waals surface area (Å²) in [6, 6.07) is 9.48. The van der Waals surface area contributed by atoms with Gasteiger partial charge in [0.15, 0.2) is 0 Å². The number of benzene rings is 1. The maximum Gasteiger partial charge on any atom is 0.490 e. The molecule has 210 valence electrons. The molecule has 1 aromatic carbocycles. The first kappa shape index (κ1) is 29.6. The number of pyridine rings is 1. The first-order valence-corrected chi connectivity index (χ1v) is 11.1. The lowest BCUT2D eigenvalue weighted by Crippen LogP contribution is -2.36. The number of imidazole rings is 1. The SMILES string of the molecule is Cc1noc(C)c1C#Cc1ccn2c(-c3cccc(NC(=O)NCC(F)(F)F)c3)cnc2c1.O=C(O)C(F)(F)F. The fourth-order valence-electron chi connectivity index (χ4n) is 3.18. The van der Waals surface area contributed by atoms with E-state index in [2.05, 4.69) is 27.3 Å². The molecule has 0 spiro atoms. The van der Waals surface area contributed by atoms with Crippen LogP contribution in [0.25, 0.3) is 16.9 Å². The Morgan fingerprint density at radius 3 is 2.38 bits per heavy atom. The summed E-state index contributed by atoms with van der Waals surface area (Å²) in [7, 11) is 0. The molecule has 0 saturated carbocycles. The zero-order valence-corrected chi connectivity index (χ0v) is 20.6. The van der Waals surface area contributed by atoms with E-state index in [1.54, 1.807) is 36.6 Å². The highest BCUT2D eigenvalue weighted by atomic mass is 19.4. The summed E-state index contributed by atoms with van der Waals surface area (Å²) >= 11 is 0. The number of carbonyl (C=O) groups is 2. The molecule has 3 heterocycles. The largest absolute Gasteiger partial charge is 0.490 e. The van der Waals surface area contributed by atoms with Gasteiger partial charge in [0, 0.05) is 23.0 Å². The molecule has 0 unspecified atom stereocenters. The van der Waals surface area contributed by atoms with E-state index in [4.69, 9.17) is 14.4 Å². The maximum atomic E-state index is 12.3. The summed E-state index contributed by atoms with van der Waals surface area (Å²) in [5.74, 6) is 4.05. The van der Waals surface area contributed by atoms with Crippen molar-refractivity contribution < 1.29 is 45.6 Å². The number of alkyl halides is 6. The second kappa shape index (κ2) is 11.8. The predicted octanol–water partition coefficient (Wildman–Crippen LogP) is 5.32. The lowest BCUT2D eigenvalue weighted by atomic mass is 10.1. The van der Waals surface area contributed by atoms with Gasteiger partial charge < -0.3 is 20.3 Å². The van der Waals surface area contributed by atoms with E-state index in [0.29, 0.717) is 17.1 Å². The zero-order valence-electron chi connectivity index (χ0n) is 20.6. The van der Waals surface area contributed by atoms with E-state index in [-0.39, 0.29) is 0 Å². The van der Waals surface area contributed by atoms with E-state index >= 15 is 0 Å². The van der Waals surface area contributed by atoms with Crippen molar-refractivity contribution in [2.45, 2.75) is 26.2 Å². The minimum atomic E-state index is -5.08. The van der Waals surface area contributed by atoms with Gasteiger partial charge in [-0.2, -0.15) is 26.3 Å². The van der Waals surface area contributed by atoms with E-state index in [1.807, 2.05) is 35.7 Å². The summed E-state index contributed by atoms with van der Waals surface area (Å²) < 4.78 is 75.5. The highest BCUT2D eigenvalue weighted by Gasteiger charge is 2.38. The van der Waals surface area contributed by atoms with E-state index in [9.17, 15) is 31.1 Å². The number of carboxylic acids is 1. The Balaban J connectivity index is 0.000000559. The number of urea groups is 1. The van der Waals surface area contributed by atoms with Gasteiger partial charge in [-0.1, -0.05) is 29.1 Å². The Morgan fingerprint density at radius 2 is 1.77 bits per heavy atom. The number of carboxylic acid groups (broad SMARTS) is 1. The number of fused-ring (bicyclic) bond motifs is 1. The number of nitrogens with one attached hydrogen (secondary N) is 2. The fourth-order valence-corrected chi connectivity index (χ4v) is 3.18. The minimum Gasteiger partial charge on any atom is -0.475 e. The number of halogens is 6. The summed E-state index contributed by atoms with van der Waals surface area (Å²) in [6.45, 7) is 2.22. The van der Waals surface area contributed by atoms with Gasteiger partial charge in [-0.05, 0) is 38.1 Å². The van der Waals surface area contributed by atoms with Crippen LogP contribution in [0, 0.1) is 25.7 Å². The molecular weight excluding hydrogens is 548 g/mol. The standard InChI is InChI=1S/C23H18F3N5O2.C2HF3O2/c1-14-19(15(2)33-30-14)7-6-16-8-9-31-20(12-27-21(31)10-16)17-4-3-5-18(11-17)29-22(32)28-13-23(24,25)26;3-2(4,5)1(6)7/h3-5,8-12H,13H2,1-2H3,(H2,28,29,32);(H,6,7).